The average molecular weight is 260 g/mol. The highest BCUT2D eigenvalue weighted by Crippen LogP contribution is 2.17. The fourth-order valence-electron chi connectivity index (χ4n) is 1.81. The summed E-state index contributed by atoms with van der Waals surface area (Å²) in [6.07, 6.45) is 3.54. The molecule has 1 aromatic carbocycles. The lowest BCUT2D eigenvalue weighted by Crippen LogP contribution is -2.18. The molecule has 2 aromatic rings. The van der Waals surface area contributed by atoms with E-state index in [1.165, 1.54) is 13.2 Å². The lowest BCUT2D eigenvalue weighted by atomic mass is 10.1. The van der Waals surface area contributed by atoms with Crippen LogP contribution in [0.4, 0.5) is 4.39 Å². The van der Waals surface area contributed by atoms with Gasteiger partial charge in [-0.2, -0.15) is 0 Å². The van der Waals surface area contributed by atoms with Crippen molar-refractivity contribution in [1.82, 2.24) is 10.3 Å². The van der Waals surface area contributed by atoms with E-state index in [0.717, 1.165) is 5.56 Å². The second-order valence-corrected chi connectivity index (χ2v) is 4.35. The zero-order chi connectivity index (χ0) is 13.7. The summed E-state index contributed by atoms with van der Waals surface area (Å²) in [5, 5.41) is 3.27. The Morgan fingerprint density at radius 1 is 1.37 bits per heavy atom. The minimum atomic E-state index is -0.259. The first-order valence-corrected chi connectivity index (χ1v) is 6.16. The van der Waals surface area contributed by atoms with Crippen LogP contribution in [-0.2, 0) is 6.54 Å². The molecule has 1 aromatic heterocycles. The maximum Gasteiger partial charge on any atom is 0.131 e. The van der Waals surface area contributed by atoms with E-state index in [1.807, 2.05) is 25.3 Å². The van der Waals surface area contributed by atoms with Crippen LogP contribution in [-0.4, -0.2) is 12.1 Å². The van der Waals surface area contributed by atoms with E-state index in [-0.39, 0.29) is 11.9 Å². The molecule has 0 bridgehead atoms. The zero-order valence-corrected chi connectivity index (χ0v) is 11.1. The molecule has 19 heavy (non-hydrogen) atoms. The number of aromatic nitrogens is 1. The van der Waals surface area contributed by atoms with Crippen molar-refractivity contribution in [2.75, 3.05) is 7.11 Å². The van der Waals surface area contributed by atoms with Crippen LogP contribution in [0.25, 0.3) is 0 Å². The quantitative estimate of drug-likeness (QED) is 0.897. The fourth-order valence-corrected chi connectivity index (χ4v) is 1.81. The molecular weight excluding hydrogens is 243 g/mol. The van der Waals surface area contributed by atoms with Crippen LogP contribution in [0.3, 0.4) is 0 Å². The summed E-state index contributed by atoms with van der Waals surface area (Å²) in [5.74, 6) is 0.270. The standard InChI is InChI=1S/C15H17FN2O/c1-11(12-4-3-7-17-9-12)18-10-13-5-6-14(19-2)8-15(13)16/h3-9,11,18H,10H2,1-2H3/t11-/m0/s1. The normalized spacial score (nSPS) is 12.2. The first-order chi connectivity index (χ1) is 9.20. The van der Waals surface area contributed by atoms with Gasteiger partial charge in [-0.3, -0.25) is 4.98 Å². The van der Waals surface area contributed by atoms with Gasteiger partial charge in [0.05, 0.1) is 7.11 Å². The Morgan fingerprint density at radius 3 is 2.84 bits per heavy atom. The summed E-state index contributed by atoms with van der Waals surface area (Å²) in [6, 6.07) is 8.89. The maximum absolute atomic E-state index is 13.8. The molecule has 4 heteroatoms. The van der Waals surface area contributed by atoms with E-state index in [1.54, 1.807) is 18.3 Å². The number of methoxy groups -OCH3 is 1. The molecule has 100 valence electrons. The van der Waals surface area contributed by atoms with Crippen LogP contribution in [0.15, 0.2) is 42.7 Å². The van der Waals surface area contributed by atoms with E-state index >= 15 is 0 Å². The third-order valence-corrected chi connectivity index (χ3v) is 3.04. The fraction of sp³-hybridized carbons (Fsp3) is 0.267. The molecule has 2 rings (SSSR count). The Hall–Kier alpha value is -1.94. The Bertz CT molecular complexity index is 531. The van der Waals surface area contributed by atoms with Crippen LogP contribution >= 0.6 is 0 Å². The smallest absolute Gasteiger partial charge is 0.131 e. The van der Waals surface area contributed by atoms with Crippen LogP contribution in [0.1, 0.15) is 24.1 Å². The van der Waals surface area contributed by atoms with Gasteiger partial charge < -0.3 is 10.1 Å². The van der Waals surface area contributed by atoms with Crippen molar-refractivity contribution in [2.24, 2.45) is 0 Å². The van der Waals surface area contributed by atoms with E-state index < -0.39 is 0 Å². The van der Waals surface area contributed by atoms with E-state index in [2.05, 4.69) is 10.3 Å². The van der Waals surface area contributed by atoms with Crippen molar-refractivity contribution in [3.8, 4) is 5.75 Å². The van der Waals surface area contributed by atoms with Crippen molar-refractivity contribution in [3.63, 3.8) is 0 Å². The van der Waals surface area contributed by atoms with Crippen molar-refractivity contribution in [1.29, 1.82) is 0 Å². The molecular formula is C15H17FN2O. The van der Waals surface area contributed by atoms with Gasteiger partial charge in [-0.05, 0) is 24.6 Å². The second-order valence-electron chi connectivity index (χ2n) is 4.35. The van der Waals surface area contributed by atoms with Gasteiger partial charge in [0, 0.05) is 36.6 Å². The highest BCUT2D eigenvalue weighted by Gasteiger charge is 2.07. The first-order valence-electron chi connectivity index (χ1n) is 6.16. The van der Waals surface area contributed by atoms with Gasteiger partial charge in [-0.15, -0.1) is 0 Å². The number of halogens is 1. The Balaban J connectivity index is 1.99. The molecule has 1 heterocycles. The lowest BCUT2D eigenvalue weighted by molar-refractivity contribution is 0.410. The maximum atomic E-state index is 13.8. The monoisotopic (exact) mass is 260 g/mol. The van der Waals surface area contributed by atoms with Gasteiger partial charge in [0.1, 0.15) is 11.6 Å². The molecule has 0 fully saturated rings. The molecule has 0 amide bonds. The Morgan fingerprint density at radius 2 is 2.21 bits per heavy atom. The summed E-state index contributed by atoms with van der Waals surface area (Å²) in [7, 11) is 1.52. The number of benzene rings is 1. The molecule has 0 saturated carbocycles. The number of pyridine rings is 1. The predicted octanol–water partition coefficient (Wildman–Crippen LogP) is 3.08. The third kappa shape index (κ3) is 3.51. The molecule has 0 unspecified atom stereocenters. The number of hydrogen-bond acceptors (Lipinski definition) is 3. The molecule has 3 nitrogen and oxygen atoms in total. The Kier molecular flexibility index (Phi) is 4.47. The summed E-state index contributed by atoms with van der Waals surface area (Å²) in [4.78, 5) is 4.07. The summed E-state index contributed by atoms with van der Waals surface area (Å²) >= 11 is 0. The van der Waals surface area contributed by atoms with Crippen LogP contribution in [0, 0.1) is 5.82 Å². The summed E-state index contributed by atoms with van der Waals surface area (Å²) in [6.45, 7) is 2.49. The molecule has 0 spiro atoms. The minimum absolute atomic E-state index is 0.121. The SMILES string of the molecule is COc1ccc(CN[C@@H](C)c2cccnc2)c(F)c1. The highest BCUT2D eigenvalue weighted by molar-refractivity contribution is 5.29. The molecule has 0 radical (unpaired) electrons. The number of rotatable bonds is 5. The average Bonchev–Trinajstić information content (AvgIpc) is 2.46. The number of ether oxygens (including phenoxy) is 1. The number of nitrogens with one attached hydrogen (secondary N) is 1. The molecule has 0 aliphatic heterocycles. The zero-order valence-electron chi connectivity index (χ0n) is 11.1. The van der Waals surface area contributed by atoms with Gasteiger partial charge in [-0.25, -0.2) is 4.39 Å². The van der Waals surface area contributed by atoms with Crippen LogP contribution in [0.5, 0.6) is 5.75 Å². The summed E-state index contributed by atoms with van der Waals surface area (Å²) < 4.78 is 18.7. The van der Waals surface area contributed by atoms with E-state index in [0.29, 0.717) is 17.9 Å². The minimum Gasteiger partial charge on any atom is -0.497 e. The largest absolute Gasteiger partial charge is 0.497 e. The number of hydrogen-bond donors (Lipinski definition) is 1. The molecule has 1 atom stereocenters. The van der Waals surface area contributed by atoms with Gasteiger partial charge in [0.2, 0.25) is 0 Å². The van der Waals surface area contributed by atoms with Gasteiger partial charge >= 0.3 is 0 Å². The molecule has 0 aliphatic carbocycles. The highest BCUT2D eigenvalue weighted by atomic mass is 19.1. The number of nitrogens with zero attached hydrogens (tertiary/aromatic N) is 1. The lowest BCUT2D eigenvalue weighted by Gasteiger charge is -2.14. The van der Waals surface area contributed by atoms with Crippen LogP contribution < -0.4 is 10.1 Å². The van der Waals surface area contributed by atoms with Gasteiger partial charge in [0.15, 0.2) is 0 Å². The van der Waals surface area contributed by atoms with Crippen molar-refractivity contribution in [3.05, 3.63) is 59.7 Å². The summed E-state index contributed by atoms with van der Waals surface area (Å²) in [5.41, 5.74) is 1.70. The van der Waals surface area contributed by atoms with E-state index in [9.17, 15) is 4.39 Å². The molecule has 0 aliphatic rings. The van der Waals surface area contributed by atoms with Crippen molar-refractivity contribution in [2.45, 2.75) is 19.5 Å². The van der Waals surface area contributed by atoms with E-state index in [4.69, 9.17) is 4.74 Å². The first kappa shape index (κ1) is 13.5. The Labute approximate surface area is 112 Å². The molecule has 1 N–H and O–H groups in total. The third-order valence-electron chi connectivity index (χ3n) is 3.04. The van der Waals surface area contributed by atoms with Gasteiger partial charge in [-0.1, -0.05) is 12.1 Å². The predicted molar refractivity (Wildman–Crippen MR) is 72.4 cm³/mol. The van der Waals surface area contributed by atoms with Crippen molar-refractivity contribution < 1.29 is 9.13 Å². The topological polar surface area (TPSA) is 34.1 Å². The van der Waals surface area contributed by atoms with Crippen molar-refractivity contribution >= 4 is 0 Å². The molecule has 0 saturated heterocycles. The second kappa shape index (κ2) is 6.29. The van der Waals surface area contributed by atoms with Gasteiger partial charge in [0.25, 0.3) is 0 Å². The van der Waals surface area contributed by atoms with Crippen LogP contribution in [0.2, 0.25) is 0 Å².